The fourth-order valence-corrected chi connectivity index (χ4v) is 2.77. The lowest BCUT2D eigenvalue weighted by Gasteiger charge is -2.22. The summed E-state index contributed by atoms with van der Waals surface area (Å²) >= 11 is 3.42. The maximum absolute atomic E-state index is 12.2. The van der Waals surface area contributed by atoms with Gasteiger partial charge in [0, 0.05) is 23.8 Å². The molecule has 1 N–H and O–H groups in total. The highest BCUT2D eigenvalue weighted by atomic mass is 79.9. The average molecular weight is 357 g/mol. The molecule has 2 amide bonds. The van der Waals surface area contributed by atoms with Gasteiger partial charge in [-0.25, -0.2) is 4.79 Å². The molecule has 1 atom stereocenters. The van der Waals surface area contributed by atoms with Crippen LogP contribution in [0.3, 0.4) is 0 Å². The fraction of sp³-hybridized carbons (Fsp3) is 0.467. The van der Waals surface area contributed by atoms with Gasteiger partial charge in [0.05, 0.1) is 13.0 Å². The Balaban J connectivity index is 2.75. The van der Waals surface area contributed by atoms with Crippen molar-refractivity contribution in [2.45, 2.75) is 20.8 Å². The molecule has 0 bridgehead atoms. The highest BCUT2D eigenvalue weighted by molar-refractivity contribution is 9.10. The van der Waals surface area contributed by atoms with Crippen molar-refractivity contribution >= 4 is 33.6 Å². The highest BCUT2D eigenvalue weighted by Crippen LogP contribution is 2.25. The molecule has 0 unspecified atom stereocenters. The zero-order valence-electron chi connectivity index (χ0n) is 13.0. The van der Waals surface area contributed by atoms with Crippen LogP contribution in [0.15, 0.2) is 16.6 Å². The Hall–Kier alpha value is -1.56. The SMILES string of the molecule is COC(=O)[C@@H](C)CN(C)C(=O)Nc1c(C)cc(Br)cc1C. The molecular formula is C15H21BrN2O3. The second kappa shape index (κ2) is 7.45. The molecule has 0 aliphatic heterocycles. The number of hydrogen-bond donors (Lipinski definition) is 1. The second-order valence-electron chi connectivity index (χ2n) is 5.15. The summed E-state index contributed by atoms with van der Waals surface area (Å²) in [6.07, 6.45) is 0. The minimum atomic E-state index is -0.363. The molecule has 0 aliphatic rings. The molecule has 0 spiro atoms. The number of amides is 2. The molecule has 0 aliphatic carbocycles. The molecule has 1 rings (SSSR count). The number of carbonyl (C=O) groups excluding carboxylic acids is 2. The first kappa shape index (κ1) is 17.5. The third-order valence-electron chi connectivity index (χ3n) is 3.23. The molecule has 0 saturated heterocycles. The van der Waals surface area contributed by atoms with Crippen molar-refractivity contribution in [1.29, 1.82) is 0 Å². The van der Waals surface area contributed by atoms with Crippen LogP contribution in [0, 0.1) is 19.8 Å². The van der Waals surface area contributed by atoms with E-state index in [-0.39, 0.29) is 17.9 Å². The summed E-state index contributed by atoms with van der Waals surface area (Å²) in [6.45, 7) is 5.90. The van der Waals surface area contributed by atoms with Crippen molar-refractivity contribution in [3.05, 3.63) is 27.7 Å². The number of nitrogens with zero attached hydrogens (tertiary/aromatic N) is 1. The predicted molar refractivity (Wildman–Crippen MR) is 86.4 cm³/mol. The van der Waals surface area contributed by atoms with Gasteiger partial charge < -0.3 is 15.0 Å². The van der Waals surface area contributed by atoms with E-state index in [0.717, 1.165) is 21.3 Å². The largest absolute Gasteiger partial charge is 0.469 e. The second-order valence-corrected chi connectivity index (χ2v) is 6.07. The van der Waals surface area contributed by atoms with E-state index in [2.05, 4.69) is 26.0 Å². The van der Waals surface area contributed by atoms with Crippen LogP contribution in [0.4, 0.5) is 10.5 Å². The molecule has 1 aromatic rings. The van der Waals surface area contributed by atoms with E-state index in [4.69, 9.17) is 0 Å². The van der Waals surface area contributed by atoms with Crippen LogP contribution < -0.4 is 5.32 Å². The fourth-order valence-electron chi connectivity index (χ4n) is 2.08. The number of ether oxygens (including phenoxy) is 1. The number of rotatable bonds is 4. The normalized spacial score (nSPS) is 11.7. The lowest BCUT2D eigenvalue weighted by molar-refractivity contribution is -0.145. The maximum Gasteiger partial charge on any atom is 0.321 e. The number of anilines is 1. The summed E-state index contributed by atoms with van der Waals surface area (Å²) < 4.78 is 5.63. The number of esters is 1. The minimum absolute atomic E-state index is 0.251. The van der Waals surface area contributed by atoms with Gasteiger partial charge in [-0.15, -0.1) is 0 Å². The Morgan fingerprint density at radius 3 is 2.33 bits per heavy atom. The zero-order chi connectivity index (χ0) is 16.2. The van der Waals surface area contributed by atoms with Crippen LogP contribution in [0.1, 0.15) is 18.1 Å². The number of benzene rings is 1. The molecule has 0 aromatic heterocycles. The topological polar surface area (TPSA) is 58.6 Å². The van der Waals surface area contributed by atoms with Gasteiger partial charge in [0.2, 0.25) is 0 Å². The van der Waals surface area contributed by atoms with Gasteiger partial charge in [-0.3, -0.25) is 4.79 Å². The van der Waals surface area contributed by atoms with Crippen molar-refractivity contribution < 1.29 is 14.3 Å². The molecule has 0 radical (unpaired) electrons. The summed E-state index contributed by atoms with van der Waals surface area (Å²) in [5.41, 5.74) is 2.75. The number of nitrogens with one attached hydrogen (secondary N) is 1. The zero-order valence-corrected chi connectivity index (χ0v) is 14.6. The molecule has 5 nitrogen and oxygen atoms in total. The van der Waals surface area contributed by atoms with Crippen molar-refractivity contribution in [2.75, 3.05) is 26.0 Å². The van der Waals surface area contributed by atoms with Crippen molar-refractivity contribution in [3.8, 4) is 0 Å². The van der Waals surface area contributed by atoms with E-state index >= 15 is 0 Å². The summed E-state index contributed by atoms with van der Waals surface area (Å²) in [7, 11) is 2.99. The molecule has 6 heteroatoms. The van der Waals surface area contributed by atoms with Crippen LogP contribution in [0.2, 0.25) is 0 Å². The Bertz CT molecular complexity index is 523. The van der Waals surface area contributed by atoms with Gasteiger partial charge in [0.1, 0.15) is 0 Å². The van der Waals surface area contributed by atoms with E-state index in [1.165, 1.54) is 12.0 Å². The Morgan fingerprint density at radius 1 is 1.33 bits per heavy atom. The van der Waals surface area contributed by atoms with Gasteiger partial charge in [-0.05, 0) is 37.1 Å². The quantitative estimate of drug-likeness (QED) is 0.841. The number of carbonyl (C=O) groups is 2. The molecule has 116 valence electrons. The number of aryl methyl sites for hydroxylation is 2. The van der Waals surface area contributed by atoms with Crippen molar-refractivity contribution in [3.63, 3.8) is 0 Å². The summed E-state index contributed by atoms with van der Waals surface area (Å²) in [6, 6.07) is 3.64. The van der Waals surface area contributed by atoms with Crippen LogP contribution in [-0.4, -0.2) is 37.6 Å². The molecule has 0 heterocycles. The lowest BCUT2D eigenvalue weighted by Crippen LogP contribution is -2.37. The van der Waals surface area contributed by atoms with Gasteiger partial charge >= 0.3 is 12.0 Å². The molecule has 0 fully saturated rings. The van der Waals surface area contributed by atoms with E-state index in [1.54, 1.807) is 14.0 Å². The monoisotopic (exact) mass is 356 g/mol. The van der Waals surface area contributed by atoms with E-state index in [0.29, 0.717) is 6.54 Å². The van der Waals surface area contributed by atoms with E-state index < -0.39 is 0 Å². The maximum atomic E-state index is 12.2. The van der Waals surface area contributed by atoms with Crippen molar-refractivity contribution in [2.24, 2.45) is 5.92 Å². The molecular weight excluding hydrogens is 336 g/mol. The molecule has 1 aromatic carbocycles. The van der Waals surface area contributed by atoms with Crippen LogP contribution in [0.5, 0.6) is 0 Å². The average Bonchev–Trinajstić information content (AvgIpc) is 2.41. The highest BCUT2D eigenvalue weighted by Gasteiger charge is 2.19. The smallest absolute Gasteiger partial charge is 0.321 e. The van der Waals surface area contributed by atoms with Crippen LogP contribution in [-0.2, 0) is 9.53 Å². The van der Waals surface area contributed by atoms with E-state index in [1.807, 2.05) is 26.0 Å². The van der Waals surface area contributed by atoms with Crippen molar-refractivity contribution in [1.82, 2.24) is 4.90 Å². The number of hydrogen-bond acceptors (Lipinski definition) is 3. The number of methoxy groups -OCH3 is 1. The first-order valence-corrected chi connectivity index (χ1v) is 7.42. The van der Waals surface area contributed by atoms with Gasteiger partial charge in [0.25, 0.3) is 0 Å². The number of urea groups is 1. The van der Waals surface area contributed by atoms with Gasteiger partial charge in [0.15, 0.2) is 0 Å². The standard InChI is InChI=1S/C15H21BrN2O3/c1-9-6-12(16)7-10(2)13(9)17-15(20)18(4)8-11(3)14(19)21-5/h6-7,11H,8H2,1-5H3,(H,17,20)/t11-/m0/s1. The first-order chi connectivity index (χ1) is 9.76. The lowest BCUT2D eigenvalue weighted by atomic mass is 10.1. The van der Waals surface area contributed by atoms with Crippen LogP contribution in [0.25, 0.3) is 0 Å². The van der Waals surface area contributed by atoms with Gasteiger partial charge in [-0.1, -0.05) is 22.9 Å². The third kappa shape index (κ3) is 4.74. The first-order valence-electron chi connectivity index (χ1n) is 6.63. The Labute approximate surface area is 133 Å². The number of halogens is 1. The Kier molecular flexibility index (Phi) is 6.20. The summed E-state index contributed by atoms with van der Waals surface area (Å²) in [5.74, 6) is -0.691. The summed E-state index contributed by atoms with van der Waals surface area (Å²) in [5, 5.41) is 2.88. The minimum Gasteiger partial charge on any atom is -0.469 e. The van der Waals surface area contributed by atoms with Crippen LogP contribution >= 0.6 is 15.9 Å². The Morgan fingerprint density at radius 2 is 1.86 bits per heavy atom. The van der Waals surface area contributed by atoms with E-state index in [9.17, 15) is 9.59 Å². The molecule has 0 saturated carbocycles. The van der Waals surface area contributed by atoms with Gasteiger partial charge in [-0.2, -0.15) is 0 Å². The third-order valence-corrected chi connectivity index (χ3v) is 3.69. The summed E-state index contributed by atoms with van der Waals surface area (Å²) in [4.78, 5) is 25.1. The predicted octanol–water partition coefficient (Wildman–Crippen LogP) is 3.34. The molecule has 21 heavy (non-hydrogen) atoms.